The van der Waals surface area contributed by atoms with Crippen LogP contribution in [0.25, 0.3) is 0 Å². The maximum Gasteiger partial charge on any atom is 0.264 e. The van der Waals surface area contributed by atoms with Crippen LogP contribution in [0, 0.1) is 5.92 Å². The highest BCUT2D eigenvalue weighted by Gasteiger charge is 2.67. The van der Waals surface area contributed by atoms with Crippen molar-refractivity contribution in [1.82, 2.24) is 4.90 Å². The number of hydrazone groups is 1. The number of hydrogen-bond acceptors (Lipinski definition) is 6. The summed E-state index contributed by atoms with van der Waals surface area (Å²) in [5.41, 5.74) is 4.72. The fraction of sp³-hybridized carbons (Fsp3) is 0.349. The van der Waals surface area contributed by atoms with Gasteiger partial charge in [-0.1, -0.05) is 91.9 Å². The van der Waals surface area contributed by atoms with E-state index in [4.69, 9.17) is 9.84 Å². The van der Waals surface area contributed by atoms with Crippen LogP contribution in [0.15, 0.2) is 108 Å². The van der Waals surface area contributed by atoms with E-state index < -0.39 is 37.6 Å². The van der Waals surface area contributed by atoms with E-state index >= 15 is 4.11 Å². The smallest absolute Gasteiger partial charge is 0.264 e. The van der Waals surface area contributed by atoms with Crippen molar-refractivity contribution < 1.29 is 28.3 Å². The number of benzene rings is 4. The zero-order chi connectivity index (χ0) is 37.8. The summed E-state index contributed by atoms with van der Waals surface area (Å²) in [6.07, 6.45) is 0.556. The van der Waals surface area contributed by atoms with E-state index in [1.54, 1.807) is 22.9 Å². The number of fused-ring (bicyclic) bond motifs is 3. The van der Waals surface area contributed by atoms with E-state index in [-0.39, 0.29) is 37.3 Å². The molecule has 4 aromatic carbocycles. The second kappa shape index (κ2) is 14.0. The summed E-state index contributed by atoms with van der Waals surface area (Å²) in [6.45, 7) is 5.56. The van der Waals surface area contributed by atoms with E-state index in [0.29, 0.717) is 42.7 Å². The third-order valence-corrected chi connectivity index (χ3v) is 14.2. The number of para-hydroxylation sites is 1. The molecule has 54 heavy (non-hydrogen) atoms. The molecule has 0 aliphatic carbocycles. The fourth-order valence-electron chi connectivity index (χ4n) is 9.21. The van der Waals surface area contributed by atoms with Crippen molar-refractivity contribution in [3.05, 3.63) is 131 Å². The monoisotopic (exact) mass is 744 g/mol. The number of halogens is 1. The Morgan fingerprint density at radius 2 is 1.61 bits per heavy atom. The molecular weight excluding hydrogens is 700 g/mol. The van der Waals surface area contributed by atoms with Gasteiger partial charge in [0.25, 0.3) is 5.91 Å². The molecule has 278 valence electrons. The van der Waals surface area contributed by atoms with E-state index in [9.17, 15) is 19.5 Å². The maximum atomic E-state index is 16.5. The summed E-state index contributed by atoms with van der Waals surface area (Å²) in [6, 6.07) is 32.3. The lowest BCUT2D eigenvalue weighted by molar-refractivity contribution is -0.151. The SMILES string of the molecule is C[C@@H]1[C@@H]([Si](C)(C)F)[C@H](CC(=O)N2Cc3ccccc3C[C@H]2CO)O[C@@]12C(=O)N(Cc1ccc(N3N=C(c4ccccc4)CCC3=O)cc1)c1ccccc12. The summed E-state index contributed by atoms with van der Waals surface area (Å²) in [5, 5.41) is 16.4. The van der Waals surface area contributed by atoms with Gasteiger partial charge < -0.3 is 23.8 Å². The van der Waals surface area contributed by atoms with Gasteiger partial charge in [-0.25, -0.2) is 5.01 Å². The van der Waals surface area contributed by atoms with Crippen molar-refractivity contribution in [1.29, 1.82) is 0 Å². The van der Waals surface area contributed by atoms with Crippen molar-refractivity contribution in [3.63, 3.8) is 0 Å². The first-order chi connectivity index (χ1) is 26.0. The Morgan fingerprint density at radius 1 is 0.926 bits per heavy atom. The maximum absolute atomic E-state index is 16.5. The van der Waals surface area contributed by atoms with E-state index in [2.05, 4.69) is 0 Å². The molecule has 3 amide bonds. The van der Waals surface area contributed by atoms with Crippen LogP contribution in [-0.2, 0) is 44.2 Å². The predicted octanol–water partition coefficient (Wildman–Crippen LogP) is 6.88. The molecule has 0 aromatic heterocycles. The van der Waals surface area contributed by atoms with Crippen LogP contribution < -0.4 is 9.91 Å². The van der Waals surface area contributed by atoms with Crippen molar-refractivity contribution in [2.24, 2.45) is 11.0 Å². The third-order valence-electron chi connectivity index (χ3n) is 11.8. The number of aliphatic hydroxyl groups excluding tert-OH is 1. The summed E-state index contributed by atoms with van der Waals surface area (Å²) in [7, 11) is -3.50. The Balaban J connectivity index is 1.06. The molecule has 1 saturated heterocycles. The molecule has 0 bridgehead atoms. The molecule has 4 aliphatic rings. The molecule has 4 heterocycles. The summed E-state index contributed by atoms with van der Waals surface area (Å²) >= 11 is 0. The minimum Gasteiger partial charge on any atom is -0.394 e. The minimum atomic E-state index is -3.50. The number of carbonyl (C=O) groups excluding carboxylic acids is 3. The molecule has 1 spiro atoms. The molecule has 5 atom stereocenters. The Hall–Kier alpha value is -4.97. The highest BCUT2D eigenvalue weighted by atomic mass is 28.4. The normalized spacial score (nSPS) is 25.2. The van der Waals surface area contributed by atoms with Crippen molar-refractivity contribution in [2.45, 2.75) is 82.1 Å². The van der Waals surface area contributed by atoms with Crippen LogP contribution in [-0.4, -0.2) is 60.6 Å². The molecule has 11 heteroatoms. The van der Waals surface area contributed by atoms with Gasteiger partial charge in [-0.15, -0.1) is 0 Å². The van der Waals surface area contributed by atoms with Gasteiger partial charge in [0.15, 0.2) is 5.60 Å². The van der Waals surface area contributed by atoms with Crippen LogP contribution in [0.3, 0.4) is 0 Å². The number of hydrogen-bond donors (Lipinski definition) is 1. The van der Waals surface area contributed by atoms with Crippen molar-refractivity contribution in [3.8, 4) is 0 Å². The number of anilines is 2. The first-order valence-electron chi connectivity index (χ1n) is 18.8. The molecule has 1 N–H and O–H groups in total. The quantitative estimate of drug-likeness (QED) is 0.157. The van der Waals surface area contributed by atoms with Crippen LogP contribution >= 0.6 is 0 Å². The number of amides is 3. The standard InChI is InChI=1S/C43H45FN4O5Si/c1-28-41(54(2,3)44)38(24-40(51)46-26-32-14-8-7-13-31(32)23-34(46)27-49)53-43(28)35-15-9-10-16-37(35)47(42(43)52)25-29-17-19-33(20-18-29)48-39(50)22-21-36(45-48)30-11-5-4-6-12-30/h4-20,28,34,38,41,49H,21-27H2,1-3H3/t28-,34+,38+,41-,43+/m1/s1. The second-order valence-corrected chi connectivity index (χ2v) is 19.3. The van der Waals surface area contributed by atoms with Gasteiger partial charge in [0.2, 0.25) is 20.2 Å². The summed E-state index contributed by atoms with van der Waals surface area (Å²) < 4.78 is 23.3. The topological polar surface area (TPSA) is 103 Å². The third kappa shape index (κ3) is 6.17. The largest absolute Gasteiger partial charge is 0.394 e. The zero-order valence-electron chi connectivity index (χ0n) is 30.8. The highest BCUT2D eigenvalue weighted by molar-refractivity contribution is 6.72. The number of aliphatic hydroxyl groups is 1. The van der Waals surface area contributed by atoms with Gasteiger partial charge in [0.1, 0.15) is 0 Å². The van der Waals surface area contributed by atoms with Gasteiger partial charge in [0.05, 0.1) is 48.8 Å². The van der Waals surface area contributed by atoms with E-state index in [1.807, 2.05) is 110 Å². The average Bonchev–Trinajstić information content (AvgIpc) is 3.61. The van der Waals surface area contributed by atoms with Crippen LogP contribution in [0.1, 0.15) is 54.0 Å². The Kier molecular flexibility index (Phi) is 9.36. The Labute approximate surface area is 316 Å². The number of carbonyl (C=O) groups is 3. The molecule has 0 saturated carbocycles. The van der Waals surface area contributed by atoms with Gasteiger partial charge >= 0.3 is 0 Å². The number of rotatable bonds is 8. The molecule has 4 aliphatic heterocycles. The van der Waals surface area contributed by atoms with Crippen LogP contribution in [0.5, 0.6) is 0 Å². The molecule has 8 rings (SSSR count). The lowest BCUT2D eigenvalue weighted by atomic mass is 9.82. The van der Waals surface area contributed by atoms with E-state index in [1.165, 1.54) is 5.01 Å². The molecule has 0 radical (unpaired) electrons. The Morgan fingerprint density at radius 3 is 2.33 bits per heavy atom. The van der Waals surface area contributed by atoms with Gasteiger partial charge in [-0.05, 0) is 60.0 Å². The van der Waals surface area contributed by atoms with Crippen LogP contribution in [0.2, 0.25) is 18.6 Å². The van der Waals surface area contributed by atoms with Crippen LogP contribution in [0.4, 0.5) is 15.5 Å². The van der Waals surface area contributed by atoms with Gasteiger partial charge in [0, 0.05) is 36.4 Å². The first-order valence-corrected chi connectivity index (χ1v) is 21.7. The molecule has 0 unspecified atom stereocenters. The molecule has 4 aromatic rings. The molecule has 9 nitrogen and oxygen atoms in total. The number of ether oxygens (including phenoxy) is 1. The lowest BCUT2D eigenvalue weighted by Crippen LogP contribution is -2.48. The van der Waals surface area contributed by atoms with Crippen molar-refractivity contribution in [2.75, 3.05) is 16.5 Å². The van der Waals surface area contributed by atoms with Crippen molar-refractivity contribution >= 4 is 43.2 Å². The minimum absolute atomic E-state index is 0.0840. The molecular formula is C43H45FN4O5Si. The van der Waals surface area contributed by atoms with Gasteiger partial charge in [-0.3, -0.25) is 14.4 Å². The Bertz CT molecular complexity index is 2120. The zero-order valence-corrected chi connectivity index (χ0v) is 31.8. The second-order valence-electron chi connectivity index (χ2n) is 15.5. The highest BCUT2D eigenvalue weighted by Crippen LogP contribution is 2.60. The fourth-order valence-corrected chi connectivity index (χ4v) is 11.7. The average molecular weight is 745 g/mol. The predicted molar refractivity (Wildman–Crippen MR) is 208 cm³/mol. The first kappa shape index (κ1) is 36.0. The lowest BCUT2D eigenvalue weighted by Gasteiger charge is -2.37. The summed E-state index contributed by atoms with van der Waals surface area (Å²) in [5.74, 6) is -1.12. The van der Waals surface area contributed by atoms with Gasteiger partial charge in [-0.2, -0.15) is 5.10 Å². The van der Waals surface area contributed by atoms with E-state index in [0.717, 1.165) is 28.0 Å². The summed E-state index contributed by atoms with van der Waals surface area (Å²) in [4.78, 5) is 45.3. The number of nitrogens with zero attached hydrogens (tertiary/aromatic N) is 4. The molecule has 1 fully saturated rings.